The molecule has 0 aliphatic carbocycles. The summed E-state index contributed by atoms with van der Waals surface area (Å²) < 4.78 is 43.6. The molecule has 0 saturated heterocycles. The zero-order valence-corrected chi connectivity index (χ0v) is 16.2. The number of carbonyl (C=O) groups is 1. The highest BCUT2D eigenvalue weighted by Crippen LogP contribution is 2.29. The molecule has 0 spiro atoms. The molecule has 11 heteroatoms. The van der Waals surface area contributed by atoms with Crippen LogP contribution in [0.4, 0.5) is 13.2 Å². The molecule has 1 amide bonds. The molecule has 2 rings (SSSR count). The molecule has 0 radical (unpaired) electrons. The van der Waals surface area contributed by atoms with E-state index in [0.717, 1.165) is 12.1 Å². The summed E-state index contributed by atoms with van der Waals surface area (Å²) >= 11 is 0. The molecule has 1 unspecified atom stereocenters. The Kier molecular flexibility index (Phi) is 7.96. The Morgan fingerprint density at radius 1 is 1.40 bits per heavy atom. The maximum absolute atomic E-state index is 12.8. The molecular formula is C19H21BF3N3O4. The fraction of sp³-hybridized carbons (Fsp3) is 0.316. The van der Waals surface area contributed by atoms with Gasteiger partial charge < -0.3 is 19.9 Å². The van der Waals surface area contributed by atoms with Crippen LogP contribution < -0.4 is 5.32 Å². The van der Waals surface area contributed by atoms with Gasteiger partial charge >= 0.3 is 13.3 Å². The number of alkyl halides is 3. The Balaban J connectivity index is 1.97. The number of carbonyl (C=O) groups excluding carboxylic acids is 1. The van der Waals surface area contributed by atoms with Crippen molar-refractivity contribution in [2.24, 2.45) is 0 Å². The Morgan fingerprint density at radius 2 is 2.13 bits per heavy atom. The number of aromatic nitrogens is 2. The molecule has 30 heavy (non-hydrogen) atoms. The van der Waals surface area contributed by atoms with Gasteiger partial charge in [-0.15, -0.1) is 0 Å². The van der Waals surface area contributed by atoms with Crippen LogP contribution in [0, 0.1) is 0 Å². The SMILES string of the molecule is C=CC(=CC)c1nc(CCC(=O)NC(Cc2cccc(C(F)(F)F)c2)B(O)O)no1. The molecule has 1 aromatic heterocycles. The summed E-state index contributed by atoms with van der Waals surface area (Å²) in [6.45, 7) is 5.40. The van der Waals surface area contributed by atoms with Crippen LogP contribution in [0.15, 0.2) is 47.5 Å². The molecule has 1 aromatic carbocycles. The largest absolute Gasteiger partial charge is 0.475 e. The van der Waals surface area contributed by atoms with Crippen LogP contribution in [0.1, 0.15) is 36.2 Å². The first-order valence-electron chi connectivity index (χ1n) is 9.07. The van der Waals surface area contributed by atoms with Crippen LogP contribution in [-0.4, -0.2) is 39.2 Å². The van der Waals surface area contributed by atoms with Crippen molar-refractivity contribution in [1.29, 1.82) is 0 Å². The number of halogens is 3. The van der Waals surface area contributed by atoms with Gasteiger partial charge in [0.15, 0.2) is 5.82 Å². The summed E-state index contributed by atoms with van der Waals surface area (Å²) in [5, 5.41) is 25.2. The summed E-state index contributed by atoms with van der Waals surface area (Å²) in [5.74, 6) is -1.19. The molecule has 0 aliphatic heterocycles. The maximum atomic E-state index is 12.8. The van der Waals surface area contributed by atoms with E-state index in [1.807, 2.05) is 0 Å². The second kappa shape index (κ2) is 10.2. The van der Waals surface area contributed by atoms with Gasteiger partial charge in [0.05, 0.1) is 11.5 Å². The fourth-order valence-electron chi connectivity index (χ4n) is 2.67. The smallest absolute Gasteiger partial charge is 0.426 e. The van der Waals surface area contributed by atoms with Gasteiger partial charge in [0.1, 0.15) is 0 Å². The standard InChI is InChI=1S/C19H21BF3N3O4/c1-3-13(4-2)18-25-16(26-30-18)8-9-17(27)24-15(20(28)29)11-12-6-5-7-14(10-12)19(21,22)23/h3-7,10,15,28-29H,1,8-9,11H2,2H3,(H,24,27). The average Bonchev–Trinajstić information content (AvgIpc) is 3.15. The molecule has 3 N–H and O–H groups in total. The highest BCUT2D eigenvalue weighted by molar-refractivity contribution is 6.43. The number of rotatable bonds is 9. The van der Waals surface area contributed by atoms with Gasteiger partial charge in [-0.2, -0.15) is 18.2 Å². The zero-order chi connectivity index (χ0) is 22.3. The summed E-state index contributed by atoms with van der Waals surface area (Å²) in [4.78, 5) is 16.3. The third-order valence-electron chi connectivity index (χ3n) is 4.24. The van der Waals surface area contributed by atoms with E-state index in [1.165, 1.54) is 12.1 Å². The third-order valence-corrected chi connectivity index (χ3v) is 4.24. The number of nitrogens with zero attached hydrogens (tertiary/aromatic N) is 2. The lowest BCUT2D eigenvalue weighted by Gasteiger charge is -2.18. The van der Waals surface area contributed by atoms with Crippen molar-refractivity contribution in [3.05, 3.63) is 65.8 Å². The first-order chi connectivity index (χ1) is 14.1. The average molecular weight is 423 g/mol. The van der Waals surface area contributed by atoms with E-state index >= 15 is 0 Å². The van der Waals surface area contributed by atoms with Crippen molar-refractivity contribution in [1.82, 2.24) is 15.5 Å². The first-order valence-corrected chi connectivity index (χ1v) is 9.07. The van der Waals surface area contributed by atoms with E-state index in [1.54, 1.807) is 19.1 Å². The van der Waals surface area contributed by atoms with Crippen LogP contribution in [-0.2, 0) is 23.8 Å². The maximum Gasteiger partial charge on any atom is 0.475 e. The summed E-state index contributed by atoms with van der Waals surface area (Å²) in [7, 11) is -1.95. The monoisotopic (exact) mass is 423 g/mol. The van der Waals surface area contributed by atoms with Gasteiger partial charge in [0, 0.05) is 18.4 Å². The molecule has 0 bridgehead atoms. The minimum Gasteiger partial charge on any atom is -0.426 e. The molecule has 2 aromatic rings. The van der Waals surface area contributed by atoms with E-state index in [0.29, 0.717) is 5.57 Å². The Labute approximate surface area is 171 Å². The van der Waals surface area contributed by atoms with Crippen molar-refractivity contribution < 1.29 is 32.5 Å². The summed E-state index contributed by atoms with van der Waals surface area (Å²) in [6.07, 6.45) is -1.38. The molecular weight excluding hydrogens is 402 g/mol. The number of hydrogen-bond acceptors (Lipinski definition) is 6. The minimum atomic E-state index is -4.52. The highest BCUT2D eigenvalue weighted by atomic mass is 19.4. The lowest BCUT2D eigenvalue weighted by molar-refractivity contribution is -0.137. The van der Waals surface area contributed by atoms with Crippen molar-refractivity contribution in [2.45, 2.75) is 38.3 Å². The van der Waals surface area contributed by atoms with Gasteiger partial charge in [-0.3, -0.25) is 4.79 Å². The quantitative estimate of drug-likeness (QED) is 0.422. The topological polar surface area (TPSA) is 108 Å². The number of hydrogen-bond donors (Lipinski definition) is 3. The molecule has 0 fully saturated rings. The van der Waals surface area contributed by atoms with Gasteiger partial charge in [0.25, 0.3) is 5.89 Å². The van der Waals surface area contributed by atoms with Crippen LogP contribution in [0.25, 0.3) is 5.57 Å². The number of allylic oxidation sites excluding steroid dienone is 3. The van der Waals surface area contributed by atoms with Crippen molar-refractivity contribution in [2.75, 3.05) is 0 Å². The van der Waals surface area contributed by atoms with Crippen molar-refractivity contribution in [3.63, 3.8) is 0 Å². The molecule has 1 heterocycles. The Hall–Kier alpha value is -2.92. The second-order valence-electron chi connectivity index (χ2n) is 6.45. The summed E-state index contributed by atoms with van der Waals surface area (Å²) in [5.41, 5.74) is -0.0115. The van der Waals surface area contributed by atoms with Crippen LogP contribution >= 0.6 is 0 Å². The van der Waals surface area contributed by atoms with Crippen molar-refractivity contribution in [3.8, 4) is 0 Å². The van der Waals surface area contributed by atoms with Gasteiger partial charge in [-0.25, -0.2) is 0 Å². The summed E-state index contributed by atoms with van der Waals surface area (Å²) in [6, 6.07) is 4.45. The van der Waals surface area contributed by atoms with Crippen molar-refractivity contribution >= 4 is 18.6 Å². The molecule has 160 valence electrons. The normalized spacial score (nSPS) is 13.1. The minimum absolute atomic E-state index is 0.0793. The number of aryl methyl sites for hydroxylation is 1. The number of amides is 1. The van der Waals surface area contributed by atoms with Gasteiger partial charge in [0.2, 0.25) is 5.91 Å². The van der Waals surface area contributed by atoms with Crippen LogP contribution in [0.3, 0.4) is 0 Å². The molecule has 0 saturated carbocycles. The molecule has 0 aliphatic rings. The number of benzene rings is 1. The predicted octanol–water partition coefficient (Wildman–Crippen LogP) is 2.35. The third kappa shape index (κ3) is 6.56. The zero-order valence-electron chi connectivity index (χ0n) is 16.2. The second-order valence-corrected chi connectivity index (χ2v) is 6.45. The number of nitrogens with one attached hydrogen (secondary N) is 1. The predicted molar refractivity (Wildman–Crippen MR) is 104 cm³/mol. The van der Waals surface area contributed by atoms with Gasteiger partial charge in [-0.05, 0) is 25.0 Å². The molecule has 1 atom stereocenters. The van der Waals surface area contributed by atoms with E-state index in [9.17, 15) is 28.0 Å². The Bertz CT molecular complexity index is 912. The van der Waals surface area contributed by atoms with Gasteiger partial charge in [-0.1, -0.05) is 42.1 Å². The van der Waals surface area contributed by atoms with Crippen LogP contribution in [0.5, 0.6) is 0 Å². The lowest BCUT2D eigenvalue weighted by Crippen LogP contribution is -2.48. The van der Waals surface area contributed by atoms with Crippen LogP contribution in [0.2, 0.25) is 0 Å². The lowest BCUT2D eigenvalue weighted by atomic mass is 9.75. The van der Waals surface area contributed by atoms with E-state index in [4.69, 9.17) is 4.52 Å². The van der Waals surface area contributed by atoms with E-state index in [2.05, 4.69) is 22.0 Å². The fourth-order valence-corrected chi connectivity index (χ4v) is 2.67. The highest BCUT2D eigenvalue weighted by Gasteiger charge is 2.31. The molecule has 7 nitrogen and oxygen atoms in total. The van der Waals surface area contributed by atoms with E-state index < -0.39 is 30.7 Å². The Morgan fingerprint density at radius 3 is 2.73 bits per heavy atom. The van der Waals surface area contributed by atoms with E-state index in [-0.39, 0.29) is 36.5 Å². The first kappa shape index (κ1) is 23.4.